The van der Waals surface area contributed by atoms with Gasteiger partial charge in [0.25, 0.3) is 11.8 Å². The van der Waals surface area contributed by atoms with Gasteiger partial charge in [0.05, 0.1) is 28.4 Å². The van der Waals surface area contributed by atoms with Crippen molar-refractivity contribution in [3.05, 3.63) is 65.2 Å². The number of aromatic nitrogens is 2. The smallest absolute Gasteiger partial charge is 0.262 e. The fourth-order valence-corrected chi connectivity index (χ4v) is 6.56. The van der Waals surface area contributed by atoms with Crippen molar-refractivity contribution in [2.24, 2.45) is 22.6 Å². The average Bonchev–Trinajstić information content (AvgIpc) is 3.71. The number of aliphatic imine (C=N–C) groups is 1. The zero-order valence-corrected chi connectivity index (χ0v) is 25.5. The summed E-state index contributed by atoms with van der Waals surface area (Å²) in [6, 6.07) is 8.86. The predicted molar refractivity (Wildman–Crippen MR) is 171 cm³/mol. The van der Waals surface area contributed by atoms with Gasteiger partial charge in [-0.1, -0.05) is 0 Å². The highest BCUT2D eigenvalue weighted by Gasteiger charge is 2.44. The van der Waals surface area contributed by atoms with Crippen LogP contribution in [0.25, 0.3) is 16.5 Å². The second-order valence-corrected chi connectivity index (χ2v) is 12.9. The molecule has 4 N–H and O–H groups in total. The zero-order valence-electron chi connectivity index (χ0n) is 25.5. The lowest BCUT2D eigenvalue weighted by atomic mass is 9.80. The molecule has 3 fully saturated rings. The van der Waals surface area contributed by atoms with Crippen LogP contribution in [0.5, 0.6) is 0 Å². The molecule has 7 rings (SSSR count). The normalized spacial score (nSPS) is 23.9. The fraction of sp³-hybridized carbons (Fsp3) is 0.412. The summed E-state index contributed by atoms with van der Waals surface area (Å²) in [4.78, 5) is 60.6. The number of nitrogens with zero attached hydrogens (tertiary/aromatic N) is 4. The molecule has 2 aliphatic carbocycles. The second-order valence-electron chi connectivity index (χ2n) is 12.9. The molecule has 11 nitrogen and oxygen atoms in total. The Morgan fingerprint density at radius 1 is 1.09 bits per heavy atom. The van der Waals surface area contributed by atoms with Crippen LogP contribution in [0.2, 0.25) is 0 Å². The predicted octanol–water partition coefficient (Wildman–Crippen LogP) is 4.06. The van der Waals surface area contributed by atoms with Crippen molar-refractivity contribution in [1.82, 2.24) is 19.8 Å². The first kappa shape index (κ1) is 28.9. The molecule has 1 unspecified atom stereocenters. The molecule has 1 aromatic carbocycles. The number of nitrogens with one attached hydrogen (secondary N) is 2. The minimum atomic E-state index is -0.973. The molecule has 4 heterocycles. The number of anilines is 1. The molecule has 4 amide bonds. The lowest BCUT2D eigenvalue weighted by molar-refractivity contribution is -0.136. The van der Waals surface area contributed by atoms with Crippen molar-refractivity contribution in [1.29, 1.82) is 0 Å². The lowest BCUT2D eigenvalue weighted by Gasteiger charge is -2.33. The number of piperidine rings is 1. The van der Waals surface area contributed by atoms with Crippen molar-refractivity contribution < 1.29 is 19.2 Å². The first-order chi connectivity index (χ1) is 21.7. The fourth-order valence-electron chi connectivity index (χ4n) is 6.56. The largest absolute Gasteiger partial charge is 0.401 e. The van der Waals surface area contributed by atoms with E-state index >= 15 is 0 Å². The Morgan fingerprint density at radius 2 is 1.87 bits per heavy atom. The number of allylic oxidation sites excluding steroid dienone is 2. The van der Waals surface area contributed by atoms with Crippen molar-refractivity contribution in [3.63, 3.8) is 0 Å². The van der Waals surface area contributed by atoms with Crippen LogP contribution in [0.15, 0.2) is 53.4 Å². The van der Waals surface area contributed by atoms with Crippen LogP contribution < -0.4 is 16.4 Å². The van der Waals surface area contributed by atoms with Crippen LogP contribution in [0.1, 0.15) is 84.8 Å². The van der Waals surface area contributed by atoms with E-state index in [1.54, 1.807) is 18.2 Å². The van der Waals surface area contributed by atoms with Crippen molar-refractivity contribution in [3.8, 4) is 0 Å². The molecular weight excluding hydrogens is 570 g/mol. The van der Waals surface area contributed by atoms with Gasteiger partial charge in [0, 0.05) is 60.0 Å². The third-order valence-corrected chi connectivity index (χ3v) is 9.43. The van der Waals surface area contributed by atoms with E-state index in [2.05, 4.69) is 47.4 Å². The van der Waals surface area contributed by atoms with Crippen LogP contribution in [-0.4, -0.2) is 62.9 Å². The molecule has 11 heteroatoms. The van der Waals surface area contributed by atoms with Gasteiger partial charge in [-0.15, -0.1) is 0 Å². The van der Waals surface area contributed by atoms with Gasteiger partial charge in [-0.25, -0.2) is 0 Å². The minimum Gasteiger partial charge on any atom is -0.401 e. The summed E-state index contributed by atoms with van der Waals surface area (Å²) in [5.74, 6) is -1.21. The van der Waals surface area contributed by atoms with Crippen molar-refractivity contribution in [2.45, 2.75) is 70.5 Å². The quantitative estimate of drug-likeness (QED) is 0.245. The van der Waals surface area contributed by atoms with Gasteiger partial charge >= 0.3 is 0 Å². The molecule has 1 atom stereocenters. The van der Waals surface area contributed by atoms with E-state index in [9.17, 15) is 19.2 Å². The van der Waals surface area contributed by atoms with Crippen LogP contribution in [0, 0.1) is 11.8 Å². The number of fused-ring (bicyclic) bond motifs is 2. The van der Waals surface area contributed by atoms with Crippen LogP contribution >= 0.6 is 0 Å². The lowest BCUT2D eigenvalue weighted by Crippen LogP contribution is -2.54. The maximum atomic E-state index is 13.1. The van der Waals surface area contributed by atoms with Crippen LogP contribution in [0.3, 0.4) is 0 Å². The summed E-state index contributed by atoms with van der Waals surface area (Å²) < 4.78 is 2.25. The van der Waals surface area contributed by atoms with E-state index in [-0.39, 0.29) is 30.0 Å². The van der Waals surface area contributed by atoms with Gasteiger partial charge in [0.1, 0.15) is 6.04 Å². The third-order valence-electron chi connectivity index (χ3n) is 9.43. The standard InChI is InChI=1S/C34H37N7O4/c1-18(2)40-10-9-21-16-38-27(14-29(21)40)26(31(35)20-3-4-20)17-37-23-11-19(12-23)15-36-22-5-6-24-25(13-22)34(45)41(33(24)44)28-7-8-30(42)39-32(28)43/h5-6,9-10,13-14,16-20,23,28,36H,3-4,7-8,11-12,15,35H2,1-2H3,(H,39,42,43). The Labute approximate surface area is 261 Å². The summed E-state index contributed by atoms with van der Waals surface area (Å²) in [6.45, 7) is 5.04. The summed E-state index contributed by atoms with van der Waals surface area (Å²) >= 11 is 0. The Kier molecular flexibility index (Phi) is 7.26. The molecule has 0 radical (unpaired) electrons. The number of carbonyl (C=O) groups excluding carboxylic acids is 4. The number of benzene rings is 1. The van der Waals surface area contributed by atoms with E-state index in [0.29, 0.717) is 24.4 Å². The van der Waals surface area contributed by atoms with Crippen LogP contribution in [-0.2, 0) is 9.59 Å². The Bertz CT molecular complexity index is 1790. The van der Waals surface area contributed by atoms with E-state index in [1.165, 1.54) is 0 Å². The molecule has 0 bridgehead atoms. The maximum absolute atomic E-state index is 13.1. The average molecular weight is 608 g/mol. The number of hydrogen-bond donors (Lipinski definition) is 3. The number of hydrogen-bond acceptors (Lipinski definition) is 8. The Balaban J connectivity index is 0.980. The molecule has 1 saturated heterocycles. The summed E-state index contributed by atoms with van der Waals surface area (Å²) in [7, 11) is 0. The minimum absolute atomic E-state index is 0.0915. The summed E-state index contributed by atoms with van der Waals surface area (Å²) in [5, 5.41) is 6.73. The Hall–Kier alpha value is -4.80. The van der Waals surface area contributed by atoms with Gasteiger partial charge in [-0.2, -0.15) is 0 Å². The number of imide groups is 2. The Morgan fingerprint density at radius 3 is 2.60 bits per heavy atom. The highest BCUT2D eigenvalue weighted by molar-refractivity contribution is 6.23. The number of amides is 4. The second kappa shape index (κ2) is 11.3. The number of carbonyl (C=O) groups is 4. The van der Waals surface area contributed by atoms with E-state index in [4.69, 9.17) is 15.7 Å². The highest BCUT2D eigenvalue weighted by Crippen LogP contribution is 2.38. The third kappa shape index (κ3) is 5.40. The highest BCUT2D eigenvalue weighted by atomic mass is 16.2. The van der Waals surface area contributed by atoms with Gasteiger partial charge in [-0.05, 0) is 88.1 Å². The van der Waals surface area contributed by atoms with Gasteiger partial charge in [0.15, 0.2) is 0 Å². The van der Waals surface area contributed by atoms with Crippen molar-refractivity contribution in [2.75, 3.05) is 11.9 Å². The van der Waals surface area contributed by atoms with E-state index < -0.39 is 29.7 Å². The zero-order chi connectivity index (χ0) is 31.4. The van der Waals surface area contributed by atoms with Crippen LogP contribution in [0.4, 0.5) is 5.69 Å². The molecular formula is C34H37N7O4. The number of pyridine rings is 1. The first-order valence-corrected chi connectivity index (χ1v) is 15.8. The van der Waals surface area contributed by atoms with E-state index in [0.717, 1.165) is 64.1 Å². The van der Waals surface area contributed by atoms with Crippen molar-refractivity contribution >= 4 is 52.0 Å². The molecule has 2 aliphatic heterocycles. The number of rotatable bonds is 9. The summed E-state index contributed by atoms with van der Waals surface area (Å²) in [5.41, 5.74) is 11.7. The summed E-state index contributed by atoms with van der Waals surface area (Å²) in [6.07, 6.45) is 10.2. The topological polar surface area (TPSA) is 152 Å². The SMILES string of the molecule is CC(C)n1ccc2cnc(C(C=NC3CC(CNc4ccc5c(c4)C(=O)N(C4CCC(=O)NC4=O)C5=O)C3)=C(N)C3CC3)cc21. The maximum Gasteiger partial charge on any atom is 0.262 e. The molecule has 45 heavy (non-hydrogen) atoms. The molecule has 3 aromatic rings. The first-order valence-electron chi connectivity index (χ1n) is 15.8. The van der Waals surface area contributed by atoms with Gasteiger partial charge in [-0.3, -0.25) is 39.4 Å². The molecule has 0 spiro atoms. The number of nitrogens with two attached hydrogens (primary N) is 1. The van der Waals surface area contributed by atoms with Gasteiger partial charge in [0.2, 0.25) is 11.8 Å². The molecule has 232 valence electrons. The molecule has 2 aromatic heterocycles. The molecule has 4 aliphatic rings. The van der Waals surface area contributed by atoms with Gasteiger partial charge < -0.3 is 15.6 Å². The molecule has 2 saturated carbocycles. The van der Waals surface area contributed by atoms with E-state index in [1.807, 2.05) is 12.4 Å². The monoisotopic (exact) mass is 607 g/mol.